The maximum Gasteiger partial charge on any atom is 1.00 e. The van der Waals surface area contributed by atoms with Crippen molar-refractivity contribution in [3.8, 4) is 0 Å². The molecule has 324 valence electrons. The van der Waals surface area contributed by atoms with Gasteiger partial charge in [0.25, 0.3) is 0 Å². The van der Waals surface area contributed by atoms with Gasteiger partial charge in [0.2, 0.25) is 31.2 Å². The van der Waals surface area contributed by atoms with E-state index in [1.54, 1.807) is 0 Å². The Morgan fingerprint density at radius 2 is 0.860 bits per heavy atom. The SMILES string of the molecule is CCCCCCCCCCCCCCC(CCCCCCCCCCCCCC)CO[C@@H]1O[C@H](COS(=O)(=O)[O-])[C@H](OS(=O)(=O)[O-])[C@H](OS(=O)(=O)[O-])[C@H]1O.[Na+].[Na+].[Na+]. The van der Waals surface area contributed by atoms with Crippen LogP contribution in [0.2, 0.25) is 0 Å². The van der Waals surface area contributed by atoms with Crippen LogP contribution in [0.3, 0.4) is 0 Å². The average Bonchev–Trinajstić information content (AvgIpc) is 3.08. The predicted octanol–water partition coefficient (Wildman–Crippen LogP) is -1.93. The number of rotatable bonds is 36. The van der Waals surface area contributed by atoms with E-state index in [0.717, 1.165) is 64.2 Å². The Labute approximate surface area is 412 Å². The first-order valence-electron chi connectivity index (χ1n) is 20.4. The molecule has 1 fully saturated rings. The van der Waals surface area contributed by atoms with Crippen LogP contribution in [-0.4, -0.2) is 87.9 Å². The van der Waals surface area contributed by atoms with Gasteiger partial charge in [0, 0.05) is 0 Å². The van der Waals surface area contributed by atoms with Crippen molar-refractivity contribution in [1.29, 1.82) is 0 Å². The van der Waals surface area contributed by atoms with Crippen molar-refractivity contribution in [1.82, 2.24) is 0 Å². The molecule has 1 aliphatic heterocycles. The summed E-state index contributed by atoms with van der Waals surface area (Å²) in [4.78, 5) is 0. The summed E-state index contributed by atoms with van der Waals surface area (Å²) in [5.41, 5.74) is 0. The average molecular weight is 907 g/mol. The summed E-state index contributed by atoms with van der Waals surface area (Å²) in [6.45, 7) is 3.17. The van der Waals surface area contributed by atoms with Crippen LogP contribution in [0.4, 0.5) is 0 Å². The van der Waals surface area contributed by atoms with Crippen molar-refractivity contribution in [2.24, 2.45) is 5.92 Å². The Morgan fingerprint density at radius 3 is 1.19 bits per heavy atom. The molecule has 0 radical (unpaired) electrons. The molecule has 0 aromatic rings. The van der Waals surface area contributed by atoms with Gasteiger partial charge in [-0.25, -0.2) is 25.3 Å². The van der Waals surface area contributed by atoms with Crippen LogP contribution in [-0.2, 0) is 53.2 Å². The summed E-state index contributed by atoms with van der Waals surface area (Å²) in [6, 6.07) is 0. The van der Waals surface area contributed by atoms with Crippen LogP contribution in [0.25, 0.3) is 0 Å². The number of aliphatic hydroxyl groups is 1. The molecule has 0 amide bonds. The van der Waals surface area contributed by atoms with E-state index in [1.165, 1.54) is 103 Å². The summed E-state index contributed by atoms with van der Waals surface area (Å²) < 4.78 is 126. The van der Waals surface area contributed by atoms with E-state index in [1.807, 2.05) is 0 Å². The summed E-state index contributed by atoms with van der Waals surface area (Å²) in [5.74, 6) is -0.0117. The quantitative estimate of drug-likeness (QED) is 0.0312. The van der Waals surface area contributed by atoms with Gasteiger partial charge in [-0.05, 0) is 18.8 Å². The molecule has 21 heteroatoms. The van der Waals surface area contributed by atoms with Gasteiger partial charge >= 0.3 is 88.7 Å². The first-order chi connectivity index (χ1) is 25.6. The second-order valence-electron chi connectivity index (χ2n) is 14.7. The minimum atomic E-state index is -5.66. The molecule has 0 bridgehead atoms. The molecule has 5 atom stereocenters. The standard InChI is InChI=1S/C36H72O15S3.3Na/c1-3-5-7-9-11-13-15-17-19-21-23-25-27-31(28-26-24-22-20-18-16-14-12-10-8-6-4-2)29-47-36-33(37)35(51-54(44,45)46)34(50-53(41,42)43)32(49-36)30-48-52(38,39)40;;;/h31-37H,3-30H2,1-2H3,(H,38,39,40)(H,41,42,43)(H,44,45,46);;;/q;3*+1/p-3/t32-,33-,34+,35-,36-;;;/m1.../s1. The van der Waals surface area contributed by atoms with Crippen LogP contribution < -0.4 is 88.7 Å². The third kappa shape index (κ3) is 36.5. The van der Waals surface area contributed by atoms with Crippen molar-refractivity contribution in [3.05, 3.63) is 0 Å². The van der Waals surface area contributed by atoms with Crippen molar-refractivity contribution in [2.45, 2.75) is 211 Å². The van der Waals surface area contributed by atoms with Gasteiger partial charge in [-0.1, -0.05) is 168 Å². The number of ether oxygens (including phenoxy) is 2. The molecule has 1 heterocycles. The van der Waals surface area contributed by atoms with Crippen molar-refractivity contribution in [3.63, 3.8) is 0 Å². The third-order valence-electron chi connectivity index (χ3n) is 9.88. The molecular weight excluding hydrogens is 838 g/mol. The van der Waals surface area contributed by atoms with Crippen LogP contribution in [0.1, 0.15) is 181 Å². The number of hydrogen-bond acceptors (Lipinski definition) is 15. The number of hydrogen-bond donors (Lipinski definition) is 1. The fourth-order valence-electron chi connectivity index (χ4n) is 6.90. The summed E-state index contributed by atoms with van der Waals surface area (Å²) in [5, 5.41) is 10.9. The Kier molecular flexibility index (Phi) is 42.3. The zero-order valence-electron chi connectivity index (χ0n) is 35.7. The molecule has 0 aliphatic carbocycles. The number of unbranched alkanes of at least 4 members (excludes halogenated alkanes) is 22. The smallest absolute Gasteiger partial charge is 0.726 e. The van der Waals surface area contributed by atoms with E-state index in [0.29, 0.717) is 0 Å². The molecular formula is C36H69Na3O15S3. The summed E-state index contributed by atoms with van der Waals surface area (Å²) in [7, 11) is -16.7. The molecule has 0 aromatic heterocycles. The van der Waals surface area contributed by atoms with Gasteiger partial charge in [0.05, 0.1) is 13.2 Å². The van der Waals surface area contributed by atoms with Gasteiger partial charge in [0.1, 0.15) is 24.4 Å². The van der Waals surface area contributed by atoms with E-state index in [9.17, 15) is 44.0 Å². The van der Waals surface area contributed by atoms with Crippen molar-refractivity contribution >= 4 is 31.2 Å². The molecule has 1 aliphatic rings. The van der Waals surface area contributed by atoms with Crippen LogP contribution in [0, 0.1) is 5.92 Å². The van der Waals surface area contributed by atoms with Gasteiger partial charge in [-0.2, -0.15) is 0 Å². The van der Waals surface area contributed by atoms with E-state index >= 15 is 0 Å². The van der Waals surface area contributed by atoms with E-state index < -0.39 is 68.5 Å². The zero-order valence-corrected chi connectivity index (χ0v) is 44.1. The zero-order chi connectivity index (χ0) is 40.3. The first kappa shape index (κ1) is 63.8. The minimum absolute atomic E-state index is 0. The van der Waals surface area contributed by atoms with Crippen LogP contribution in [0.15, 0.2) is 0 Å². The molecule has 0 saturated carbocycles. The fraction of sp³-hybridized carbons (Fsp3) is 1.00. The van der Waals surface area contributed by atoms with Gasteiger partial charge in [-0.3, -0.25) is 12.5 Å². The maximum absolute atomic E-state index is 11.5. The Bertz CT molecular complexity index is 1240. The summed E-state index contributed by atoms with van der Waals surface area (Å²) in [6.07, 6.45) is 19.6. The molecule has 1 saturated heterocycles. The molecule has 1 N–H and O–H groups in total. The largest absolute Gasteiger partial charge is 1.00 e. The molecule has 15 nitrogen and oxygen atoms in total. The fourth-order valence-corrected chi connectivity index (χ4v) is 8.21. The molecule has 57 heavy (non-hydrogen) atoms. The van der Waals surface area contributed by atoms with Gasteiger partial charge in [-0.15, -0.1) is 0 Å². The van der Waals surface area contributed by atoms with Crippen LogP contribution in [0.5, 0.6) is 0 Å². The molecule has 0 aromatic carbocycles. The van der Waals surface area contributed by atoms with Gasteiger partial charge in [0.15, 0.2) is 6.29 Å². The predicted molar refractivity (Wildman–Crippen MR) is 200 cm³/mol. The summed E-state index contributed by atoms with van der Waals surface area (Å²) >= 11 is 0. The van der Waals surface area contributed by atoms with E-state index in [4.69, 9.17) is 9.47 Å². The monoisotopic (exact) mass is 906 g/mol. The van der Waals surface area contributed by atoms with Crippen LogP contribution >= 0.6 is 0 Å². The molecule has 1 rings (SSSR count). The van der Waals surface area contributed by atoms with E-state index in [2.05, 4.69) is 26.4 Å². The Balaban J connectivity index is -0.00000972. The number of aliphatic hydroxyl groups excluding tert-OH is 1. The van der Waals surface area contributed by atoms with Crippen molar-refractivity contribution < 1.29 is 155 Å². The first-order valence-corrected chi connectivity index (χ1v) is 24.4. The second-order valence-corrected chi connectivity index (χ2v) is 17.8. The Hall–Kier alpha value is 2.49. The minimum Gasteiger partial charge on any atom is -0.726 e. The second kappa shape index (κ2) is 37.8. The molecule has 0 spiro atoms. The van der Waals surface area contributed by atoms with E-state index in [-0.39, 0.29) is 101 Å². The topological polar surface area (TPSA) is 238 Å². The normalized spacial score (nSPS) is 20.2. The maximum atomic E-state index is 11.5. The molecule has 0 unspecified atom stereocenters. The van der Waals surface area contributed by atoms with Gasteiger partial charge < -0.3 is 28.2 Å². The Morgan fingerprint density at radius 1 is 0.526 bits per heavy atom. The van der Waals surface area contributed by atoms with Crippen molar-refractivity contribution in [2.75, 3.05) is 13.2 Å². The third-order valence-corrected chi connectivity index (χ3v) is 11.2.